The monoisotopic (exact) mass is 1070 g/mol. The van der Waals surface area contributed by atoms with Gasteiger partial charge in [-0.1, -0.05) is 18.2 Å². The van der Waals surface area contributed by atoms with Crippen LogP contribution in [0.3, 0.4) is 0 Å². The Hall–Kier alpha value is -6.76. The Kier molecular flexibility index (Phi) is 16.9. The van der Waals surface area contributed by atoms with E-state index in [-0.39, 0.29) is 0 Å². The van der Waals surface area contributed by atoms with E-state index in [1.165, 1.54) is 22.6 Å². The van der Waals surface area contributed by atoms with Gasteiger partial charge in [-0.05, 0) is 93.6 Å². The van der Waals surface area contributed by atoms with Crippen LogP contribution < -0.4 is 27.0 Å². The van der Waals surface area contributed by atoms with Crippen LogP contribution in [0, 0.1) is 116 Å². The maximum absolute atomic E-state index is 16.7. The molecule has 384 valence electrons. The molecular formula is C49H30BF19O3Si. The Morgan fingerprint density at radius 3 is 0.699 bits per heavy atom. The second-order valence-electron chi connectivity index (χ2n) is 15.2. The van der Waals surface area contributed by atoms with Gasteiger partial charge in [0.15, 0.2) is 64.0 Å². The summed E-state index contributed by atoms with van der Waals surface area (Å²) in [5.41, 5.74) is -10.3. The molecule has 24 heteroatoms. The molecule has 7 aromatic rings. The smallest absolute Gasteiger partial charge is 0.370 e. The summed E-state index contributed by atoms with van der Waals surface area (Å²) < 4.78 is 309. The Labute approximate surface area is 402 Å². The molecule has 0 aliphatic rings. The third-order valence-electron chi connectivity index (χ3n) is 11.3. The highest BCUT2D eigenvalue weighted by Crippen LogP contribution is 2.33. The molecule has 0 heterocycles. The van der Waals surface area contributed by atoms with Gasteiger partial charge in [0.25, 0.3) is 0 Å². The molecule has 3 nitrogen and oxygen atoms in total. The van der Waals surface area contributed by atoms with Crippen LogP contribution in [0.15, 0.2) is 91.0 Å². The Balaban J connectivity index is 0.000000378. The molecule has 0 bridgehead atoms. The minimum absolute atomic E-state index is 0.705. The second kappa shape index (κ2) is 22.2. The maximum Gasteiger partial charge on any atom is 0.543 e. The Bertz CT molecular complexity index is 2790. The molecule has 73 heavy (non-hydrogen) atoms. The lowest BCUT2D eigenvalue weighted by Gasteiger charge is -2.45. The van der Waals surface area contributed by atoms with Crippen molar-refractivity contribution in [3.63, 3.8) is 0 Å². The first-order valence-corrected chi connectivity index (χ1v) is 22.8. The molecular weight excluding hydrogens is 1040 g/mol. The summed E-state index contributed by atoms with van der Waals surface area (Å²) in [7, 11) is -5.46. The summed E-state index contributed by atoms with van der Waals surface area (Å²) in [4.78, 5) is 0. The van der Waals surface area contributed by atoms with Gasteiger partial charge in [0.05, 0.1) is 27.8 Å². The van der Waals surface area contributed by atoms with E-state index in [0.717, 1.165) is 20.8 Å². The first-order chi connectivity index (χ1) is 34.5. The lowest BCUT2D eigenvalue weighted by Crippen LogP contribution is -2.81. The lowest BCUT2D eigenvalue weighted by atomic mass is 9.12. The van der Waals surface area contributed by atoms with Crippen LogP contribution in [0.5, 0.6) is 0 Å². The molecule has 0 spiro atoms. The zero-order valence-electron chi connectivity index (χ0n) is 37.3. The summed E-state index contributed by atoms with van der Waals surface area (Å²) in [5.74, 6) is -64.9. The average Bonchev–Trinajstić information content (AvgIpc) is 3.38. The summed E-state index contributed by atoms with van der Waals surface area (Å²) >= 11 is 0. The van der Waals surface area contributed by atoms with Crippen molar-refractivity contribution in [1.82, 2.24) is 0 Å². The Morgan fingerprint density at radius 2 is 0.493 bits per heavy atom. The van der Waals surface area contributed by atoms with Crippen molar-refractivity contribution in [2.45, 2.75) is 20.8 Å². The van der Waals surface area contributed by atoms with E-state index in [0.29, 0.717) is 0 Å². The fourth-order valence-corrected chi connectivity index (χ4v) is 11.0. The van der Waals surface area contributed by atoms with Crippen LogP contribution >= 0.6 is 0 Å². The minimum Gasteiger partial charge on any atom is -0.370 e. The molecule has 0 radical (unpaired) electrons. The molecule has 0 fully saturated rings. The van der Waals surface area contributed by atoms with Crippen molar-refractivity contribution in [2.24, 2.45) is 0 Å². The fourth-order valence-electron chi connectivity index (χ4n) is 8.40. The van der Waals surface area contributed by atoms with Gasteiger partial charge < -0.3 is 13.3 Å². The fraction of sp³-hybridized carbons (Fsp3) is 0.122. The van der Waals surface area contributed by atoms with Gasteiger partial charge in [-0.15, -0.1) is 21.9 Å². The quantitative estimate of drug-likeness (QED) is 0.0271. The summed E-state index contributed by atoms with van der Waals surface area (Å²) in [6.07, 6.45) is -7.23. The minimum atomic E-state index is -7.23. The van der Waals surface area contributed by atoms with Crippen LogP contribution in [0.2, 0.25) is 0 Å². The van der Waals surface area contributed by atoms with Gasteiger partial charge in [-0.25, -0.2) is 83.4 Å². The van der Waals surface area contributed by atoms with Crippen LogP contribution in [-0.2, 0) is 13.3 Å². The molecule has 0 atom stereocenters. The number of halogens is 19. The van der Waals surface area contributed by atoms with E-state index in [2.05, 4.69) is 91.0 Å². The molecule has 7 aromatic carbocycles. The van der Waals surface area contributed by atoms with Crippen molar-refractivity contribution >= 4 is 42.0 Å². The number of benzene rings is 7. The van der Waals surface area contributed by atoms with E-state index in [4.69, 9.17) is 13.3 Å². The average molecular weight is 1070 g/mol. The summed E-state index contributed by atoms with van der Waals surface area (Å²) in [6, 6.07) is 31.6. The maximum atomic E-state index is 16.7. The van der Waals surface area contributed by atoms with Gasteiger partial charge >= 0.3 is 8.80 Å². The summed E-state index contributed by atoms with van der Waals surface area (Å²) in [6.45, 7) is 1.10. The zero-order chi connectivity index (χ0) is 54.0. The van der Waals surface area contributed by atoms with E-state index in [1.807, 2.05) is 0 Å². The molecule has 0 saturated carbocycles. The number of hydrogen-bond donors (Lipinski definition) is 0. The van der Waals surface area contributed by atoms with E-state index in [9.17, 15) is 39.5 Å². The number of rotatable bonds is 14. The topological polar surface area (TPSA) is 27.7 Å². The molecule has 0 N–H and O–H groups in total. The van der Waals surface area contributed by atoms with Gasteiger partial charge in [-0.3, -0.25) is 0 Å². The van der Waals surface area contributed by atoms with Crippen molar-refractivity contribution in [1.29, 1.82) is 0 Å². The van der Waals surface area contributed by atoms with E-state index < -0.39 is 172 Å². The van der Waals surface area contributed by atoms with E-state index >= 15 is 43.9 Å². The van der Waals surface area contributed by atoms with Crippen LogP contribution in [0.4, 0.5) is 83.4 Å². The predicted octanol–water partition coefficient (Wildman–Crippen LogP) is 10.7. The highest BCUT2D eigenvalue weighted by Gasteiger charge is 2.55. The first kappa shape index (κ1) is 55.6. The molecule has 0 aliphatic carbocycles. The van der Waals surface area contributed by atoms with Crippen LogP contribution in [0.25, 0.3) is 0 Å². The normalized spacial score (nSPS) is 11.8. The molecule has 0 unspecified atom stereocenters. The number of hydrogen-bond acceptors (Lipinski definition) is 3. The highest BCUT2D eigenvalue weighted by molar-refractivity contribution is 7.20. The van der Waals surface area contributed by atoms with Crippen molar-refractivity contribution in [3.05, 3.63) is 224 Å². The molecule has 0 saturated heterocycles. The summed E-state index contributed by atoms with van der Waals surface area (Å²) in [5, 5.41) is -2.14. The first-order valence-electron chi connectivity index (χ1n) is 21.1. The lowest BCUT2D eigenvalue weighted by molar-refractivity contribution is 0.0840. The molecule has 0 amide bonds. The highest BCUT2D eigenvalue weighted by atomic mass is 28.4. The standard InChI is InChI=1S/C30H15BF19O3Si.C19H15/c1-4-51-54(52-5-2,53-6-3)30-28(49)17(38)10(18(39)29(30)50)31(7-11(32)19(40)25(46)20(41)12(7)33,8-13(34)21(42)26(47)22(43)14(8)35)9-15(36)23(44)27(48)24(45)16(9)37;1-4-10-16(11-5-1)19(17-12-6-2-7-13-17)18-14-8-3-9-15-18/h4-6H2,1-3H3;1-15H/q-1;+1. The Morgan fingerprint density at radius 1 is 0.301 bits per heavy atom. The van der Waals surface area contributed by atoms with Crippen molar-refractivity contribution in [3.8, 4) is 0 Å². The third kappa shape index (κ3) is 9.33. The predicted molar refractivity (Wildman–Crippen MR) is 229 cm³/mol. The third-order valence-corrected chi connectivity index (χ3v) is 14.3. The van der Waals surface area contributed by atoms with Gasteiger partial charge in [0.2, 0.25) is 0 Å². The van der Waals surface area contributed by atoms with Gasteiger partial charge in [-0.2, -0.15) is 0 Å². The molecule has 0 aromatic heterocycles. The second-order valence-corrected chi connectivity index (χ2v) is 17.7. The van der Waals surface area contributed by atoms with E-state index in [1.54, 1.807) is 0 Å². The molecule has 7 rings (SSSR count). The molecule has 0 aliphatic heterocycles. The van der Waals surface area contributed by atoms with Gasteiger partial charge in [0, 0.05) is 19.8 Å². The van der Waals surface area contributed by atoms with Crippen LogP contribution in [-0.4, -0.2) is 34.8 Å². The van der Waals surface area contributed by atoms with Crippen LogP contribution in [0.1, 0.15) is 37.5 Å². The zero-order valence-corrected chi connectivity index (χ0v) is 38.3. The largest absolute Gasteiger partial charge is 0.543 e. The van der Waals surface area contributed by atoms with Crippen molar-refractivity contribution < 1.29 is 96.7 Å². The van der Waals surface area contributed by atoms with Gasteiger partial charge in [0.1, 0.15) is 52.7 Å². The van der Waals surface area contributed by atoms with Crippen molar-refractivity contribution in [2.75, 3.05) is 19.8 Å². The SMILES string of the molecule is CCO[Si](OCC)(OCC)c1c(F)c(F)c([B-](c2c(F)c(F)c(F)c(F)c2F)(c2c(F)c(F)c(F)c(F)c2F)c2c(F)c(F)c(F)c(F)c2F)c(F)c1F.c1ccc([C+](c2ccccc2)c2ccccc2)cc1.